The molecule has 1 aromatic heterocycles. The van der Waals surface area contributed by atoms with Crippen LogP contribution in [0.4, 0.5) is 0 Å². The summed E-state index contributed by atoms with van der Waals surface area (Å²) in [5, 5.41) is 0. The van der Waals surface area contributed by atoms with Gasteiger partial charge in [-0.3, -0.25) is 0 Å². The van der Waals surface area contributed by atoms with E-state index in [9.17, 15) is 0 Å². The van der Waals surface area contributed by atoms with E-state index in [-0.39, 0.29) is 0 Å². The zero-order valence-electron chi connectivity index (χ0n) is 10.4. The molecule has 0 bridgehead atoms. The Kier molecular flexibility index (Phi) is 5.16. The second-order valence-electron chi connectivity index (χ2n) is 4.89. The molecule has 0 aliphatic heterocycles. The van der Waals surface area contributed by atoms with Crippen molar-refractivity contribution in [2.75, 3.05) is 0 Å². The molecule has 0 aliphatic carbocycles. The summed E-state index contributed by atoms with van der Waals surface area (Å²) in [5.41, 5.74) is 0. The van der Waals surface area contributed by atoms with Gasteiger partial charge < -0.3 is 4.42 Å². The Bertz CT molecular complexity index is 248. The summed E-state index contributed by atoms with van der Waals surface area (Å²) in [6.45, 7) is 7.19. The van der Waals surface area contributed by atoms with Crippen LogP contribution in [0, 0.1) is 0 Å². The van der Waals surface area contributed by atoms with Gasteiger partial charge in [0.05, 0.1) is 14.3 Å². The molecule has 0 aliphatic rings. The van der Waals surface area contributed by atoms with E-state index in [1.54, 1.807) is 6.26 Å². The minimum absolute atomic E-state index is 0.966. The lowest BCUT2D eigenvalue weighted by Crippen LogP contribution is -2.29. The molecular weight excluding hydrogens is 200 g/mol. The molecule has 0 radical (unpaired) electrons. The van der Waals surface area contributed by atoms with Crippen LogP contribution in [0.3, 0.4) is 0 Å². The van der Waals surface area contributed by atoms with E-state index in [0.29, 0.717) is 0 Å². The highest BCUT2D eigenvalue weighted by molar-refractivity contribution is 6.78. The Hall–Kier alpha value is -0.503. The molecule has 0 amide bonds. The van der Waals surface area contributed by atoms with Crippen molar-refractivity contribution >= 4 is 8.07 Å². The van der Waals surface area contributed by atoms with Crippen molar-refractivity contribution in [1.82, 2.24) is 0 Å². The summed E-state index contributed by atoms with van der Waals surface area (Å²) in [6.07, 6.45) is 5.63. The molecule has 15 heavy (non-hydrogen) atoms. The molecule has 86 valence electrons. The van der Waals surface area contributed by atoms with Crippen molar-refractivity contribution in [1.29, 1.82) is 0 Å². The Labute approximate surface area is 94.9 Å². The maximum atomic E-state index is 5.41. The van der Waals surface area contributed by atoms with Crippen LogP contribution < -0.4 is 0 Å². The second-order valence-corrected chi connectivity index (χ2v) is 10.0. The maximum absolute atomic E-state index is 5.41. The van der Waals surface area contributed by atoms with Crippen molar-refractivity contribution in [3.05, 3.63) is 24.2 Å². The molecule has 1 aromatic rings. The first-order chi connectivity index (χ1) is 7.20. The first-order valence-electron chi connectivity index (χ1n) is 6.22. The van der Waals surface area contributed by atoms with Crippen LogP contribution in [0.25, 0.3) is 0 Å². The van der Waals surface area contributed by atoms with Gasteiger partial charge in [0.1, 0.15) is 5.76 Å². The summed E-state index contributed by atoms with van der Waals surface area (Å²) in [6, 6.07) is 8.44. The summed E-state index contributed by atoms with van der Waals surface area (Å²) < 4.78 is 5.41. The van der Waals surface area contributed by atoms with Gasteiger partial charge in [0.2, 0.25) is 0 Å². The Morgan fingerprint density at radius 2 is 1.80 bits per heavy atom. The lowest BCUT2D eigenvalue weighted by molar-refractivity contribution is 0.514. The van der Waals surface area contributed by atoms with Gasteiger partial charge >= 0.3 is 0 Å². The average Bonchev–Trinajstić information content (AvgIpc) is 2.68. The van der Waals surface area contributed by atoms with Gasteiger partial charge in [-0.2, -0.15) is 0 Å². The lowest BCUT2D eigenvalue weighted by atomic mass is 10.4. The highest BCUT2D eigenvalue weighted by Crippen LogP contribution is 2.26. The predicted octanol–water partition coefficient (Wildman–Crippen LogP) is 4.72. The summed E-state index contributed by atoms with van der Waals surface area (Å²) in [5.74, 6) is 1.17. The molecule has 2 heteroatoms. The van der Waals surface area contributed by atoms with Crippen LogP contribution in [0.15, 0.2) is 22.8 Å². The van der Waals surface area contributed by atoms with Crippen molar-refractivity contribution < 1.29 is 4.42 Å². The topological polar surface area (TPSA) is 13.1 Å². The van der Waals surface area contributed by atoms with Crippen molar-refractivity contribution in [3.63, 3.8) is 0 Å². The highest BCUT2D eigenvalue weighted by atomic mass is 28.3. The van der Waals surface area contributed by atoms with Gasteiger partial charge in [-0.05, 0) is 12.1 Å². The number of aryl methyl sites for hydroxylation is 1. The minimum atomic E-state index is -0.966. The first kappa shape index (κ1) is 12.6. The smallest absolute Gasteiger partial charge is 0.103 e. The van der Waals surface area contributed by atoms with E-state index in [4.69, 9.17) is 4.42 Å². The van der Waals surface area contributed by atoms with E-state index >= 15 is 0 Å². The van der Waals surface area contributed by atoms with Gasteiger partial charge in [-0.1, -0.05) is 51.4 Å². The first-order valence-corrected chi connectivity index (χ1v) is 9.34. The third kappa shape index (κ3) is 4.25. The normalized spacial score (nSPS) is 11.9. The van der Waals surface area contributed by atoms with E-state index in [1.807, 2.05) is 6.07 Å². The molecule has 1 heterocycles. The quantitative estimate of drug-likeness (QED) is 0.611. The fraction of sp³-hybridized carbons (Fsp3) is 0.692. The molecule has 0 N–H and O–H groups in total. The SMILES string of the molecule is CCC[Si](C)(CCC)CCc1ccco1. The van der Waals surface area contributed by atoms with Crippen molar-refractivity contribution in [2.24, 2.45) is 0 Å². The third-order valence-corrected chi connectivity index (χ3v) is 8.13. The third-order valence-electron chi connectivity index (χ3n) is 3.26. The fourth-order valence-electron chi connectivity index (χ4n) is 2.46. The number of hydrogen-bond donors (Lipinski definition) is 0. The van der Waals surface area contributed by atoms with Gasteiger partial charge in [-0.25, -0.2) is 0 Å². The molecule has 0 saturated carbocycles. The Morgan fingerprint density at radius 1 is 1.13 bits per heavy atom. The Balaban J connectivity index is 2.43. The molecule has 1 rings (SSSR count). The largest absolute Gasteiger partial charge is 0.469 e. The second kappa shape index (κ2) is 6.16. The molecule has 0 atom stereocenters. The van der Waals surface area contributed by atoms with Crippen molar-refractivity contribution in [3.8, 4) is 0 Å². The zero-order valence-corrected chi connectivity index (χ0v) is 11.4. The lowest BCUT2D eigenvalue weighted by Gasteiger charge is -2.26. The van der Waals surface area contributed by atoms with E-state index in [0.717, 1.165) is 6.42 Å². The van der Waals surface area contributed by atoms with Crippen LogP contribution in [-0.4, -0.2) is 8.07 Å². The van der Waals surface area contributed by atoms with E-state index < -0.39 is 8.07 Å². The van der Waals surface area contributed by atoms with Crippen molar-refractivity contribution in [2.45, 2.75) is 57.8 Å². The summed E-state index contributed by atoms with van der Waals surface area (Å²) in [7, 11) is -0.966. The van der Waals surface area contributed by atoms with E-state index in [1.165, 1.54) is 36.7 Å². The zero-order chi connectivity index (χ0) is 11.1. The number of rotatable bonds is 7. The van der Waals surface area contributed by atoms with Gasteiger partial charge in [0.25, 0.3) is 0 Å². The number of hydrogen-bond acceptors (Lipinski definition) is 1. The van der Waals surface area contributed by atoms with Crippen LogP contribution in [-0.2, 0) is 6.42 Å². The Morgan fingerprint density at radius 3 is 2.27 bits per heavy atom. The highest BCUT2D eigenvalue weighted by Gasteiger charge is 2.24. The van der Waals surface area contributed by atoms with Gasteiger partial charge in [0, 0.05) is 6.42 Å². The number of furan rings is 1. The van der Waals surface area contributed by atoms with Gasteiger partial charge in [0.15, 0.2) is 0 Å². The maximum Gasteiger partial charge on any atom is 0.103 e. The molecule has 0 saturated heterocycles. The van der Waals surface area contributed by atoms with Crippen LogP contribution in [0.5, 0.6) is 0 Å². The molecular formula is C13H24OSi. The molecule has 1 nitrogen and oxygen atoms in total. The molecule has 0 fully saturated rings. The van der Waals surface area contributed by atoms with Gasteiger partial charge in [-0.15, -0.1) is 0 Å². The molecule has 0 aromatic carbocycles. The van der Waals surface area contributed by atoms with E-state index in [2.05, 4.69) is 26.5 Å². The molecule has 0 spiro atoms. The van der Waals surface area contributed by atoms with Crippen LogP contribution in [0.2, 0.25) is 24.7 Å². The molecule has 0 unspecified atom stereocenters. The predicted molar refractivity (Wildman–Crippen MR) is 69.0 cm³/mol. The van der Waals surface area contributed by atoms with Crippen LogP contribution in [0.1, 0.15) is 32.4 Å². The minimum Gasteiger partial charge on any atom is -0.469 e. The fourth-order valence-corrected chi connectivity index (χ4v) is 6.48. The summed E-state index contributed by atoms with van der Waals surface area (Å²) in [4.78, 5) is 0. The van der Waals surface area contributed by atoms with Crippen LogP contribution >= 0.6 is 0 Å². The average molecular weight is 224 g/mol. The summed E-state index contributed by atoms with van der Waals surface area (Å²) >= 11 is 0. The standard InChI is InChI=1S/C13H24OSi/c1-4-10-15(3,11-5-2)12-8-13-7-6-9-14-13/h6-7,9H,4-5,8,10-12H2,1-3H3. The monoisotopic (exact) mass is 224 g/mol.